The van der Waals surface area contributed by atoms with Crippen molar-refractivity contribution < 1.29 is 4.74 Å². The molecular formula is C13H26N2O. The Labute approximate surface area is 99.3 Å². The molecule has 3 heteroatoms. The molecule has 4 unspecified atom stereocenters. The van der Waals surface area contributed by atoms with Crippen LogP contribution in [0, 0.1) is 5.92 Å². The minimum Gasteiger partial charge on any atom is -0.375 e. The van der Waals surface area contributed by atoms with Gasteiger partial charge in [0.15, 0.2) is 0 Å². The van der Waals surface area contributed by atoms with E-state index in [1.54, 1.807) is 0 Å². The van der Waals surface area contributed by atoms with Crippen LogP contribution in [0.15, 0.2) is 0 Å². The molecule has 0 aromatic carbocycles. The monoisotopic (exact) mass is 226 g/mol. The second-order valence-corrected chi connectivity index (χ2v) is 5.77. The van der Waals surface area contributed by atoms with Gasteiger partial charge in [0, 0.05) is 18.6 Å². The van der Waals surface area contributed by atoms with Crippen LogP contribution in [-0.4, -0.2) is 42.3 Å². The fraction of sp³-hybridized carbons (Fsp3) is 1.00. The van der Waals surface area contributed by atoms with Gasteiger partial charge < -0.3 is 10.5 Å². The molecule has 2 fully saturated rings. The topological polar surface area (TPSA) is 38.5 Å². The van der Waals surface area contributed by atoms with E-state index in [9.17, 15) is 0 Å². The van der Waals surface area contributed by atoms with Crippen molar-refractivity contribution in [2.75, 3.05) is 13.1 Å². The van der Waals surface area contributed by atoms with Gasteiger partial charge in [-0.3, -0.25) is 4.90 Å². The zero-order chi connectivity index (χ0) is 11.7. The molecule has 2 saturated heterocycles. The highest BCUT2D eigenvalue weighted by Crippen LogP contribution is 2.31. The number of hydrogen-bond donors (Lipinski definition) is 1. The molecule has 3 nitrogen and oxygen atoms in total. The van der Waals surface area contributed by atoms with Crippen LogP contribution in [0.1, 0.15) is 40.0 Å². The Bertz CT molecular complexity index is 224. The van der Waals surface area contributed by atoms with Gasteiger partial charge in [0.1, 0.15) is 0 Å². The molecule has 2 aliphatic rings. The summed E-state index contributed by atoms with van der Waals surface area (Å²) in [6.45, 7) is 8.78. The van der Waals surface area contributed by atoms with E-state index in [2.05, 4.69) is 25.7 Å². The lowest BCUT2D eigenvalue weighted by Crippen LogP contribution is -2.45. The van der Waals surface area contributed by atoms with E-state index in [0.717, 1.165) is 6.54 Å². The molecule has 0 aromatic heterocycles. The van der Waals surface area contributed by atoms with E-state index in [1.807, 2.05) is 0 Å². The van der Waals surface area contributed by atoms with Crippen LogP contribution in [0.2, 0.25) is 0 Å². The molecule has 2 aliphatic heterocycles. The van der Waals surface area contributed by atoms with Gasteiger partial charge in [-0.1, -0.05) is 0 Å². The minimum absolute atomic E-state index is 0.415. The number of hydrogen-bond acceptors (Lipinski definition) is 3. The maximum Gasteiger partial charge on any atom is 0.0565 e. The van der Waals surface area contributed by atoms with Crippen LogP contribution in [0.5, 0.6) is 0 Å². The first-order valence-corrected chi connectivity index (χ1v) is 6.71. The Morgan fingerprint density at radius 2 is 1.75 bits per heavy atom. The van der Waals surface area contributed by atoms with Crippen LogP contribution in [0.4, 0.5) is 0 Å². The van der Waals surface area contributed by atoms with Gasteiger partial charge in [-0.2, -0.15) is 0 Å². The minimum atomic E-state index is 0.415. The van der Waals surface area contributed by atoms with Gasteiger partial charge >= 0.3 is 0 Å². The Hall–Kier alpha value is -0.120. The highest BCUT2D eigenvalue weighted by atomic mass is 16.5. The molecule has 0 aromatic rings. The summed E-state index contributed by atoms with van der Waals surface area (Å²) in [5.74, 6) is 0.712. The molecule has 94 valence electrons. The first kappa shape index (κ1) is 12.3. The van der Waals surface area contributed by atoms with Crippen molar-refractivity contribution in [3.63, 3.8) is 0 Å². The molecule has 4 atom stereocenters. The molecule has 2 heterocycles. The molecule has 2 N–H and O–H groups in total. The van der Waals surface area contributed by atoms with Gasteiger partial charge in [0.05, 0.1) is 12.2 Å². The lowest BCUT2D eigenvalue weighted by atomic mass is 9.98. The number of nitrogens with two attached hydrogens (primary N) is 1. The molecular weight excluding hydrogens is 200 g/mol. The van der Waals surface area contributed by atoms with Crippen molar-refractivity contribution in [3.05, 3.63) is 0 Å². The fourth-order valence-corrected chi connectivity index (χ4v) is 3.49. The number of ether oxygens (including phenoxy) is 1. The smallest absolute Gasteiger partial charge is 0.0565 e. The summed E-state index contributed by atoms with van der Waals surface area (Å²) >= 11 is 0. The molecule has 0 aliphatic carbocycles. The second kappa shape index (κ2) is 5.03. The lowest BCUT2D eigenvalue weighted by molar-refractivity contribution is -0.0666. The third-order valence-corrected chi connectivity index (χ3v) is 4.18. The molecule has 2 rings (SSSR count). The average molecular weight is 226 g/mol. The number of likely N-dealkylation sites (tertiary alicyclic amines) is 1. The van der Waals surface area contributed by atoms with E-state index in [4.69, 9.17) is 10.5 Å². The fourth-order valence-electron chi connectivity index (χ4n) is 3.49. The highest BCUT2D eigenvalue weighted by Gasteiger charge is 2.36. The lowest BCUT2D eigenvalue weighted by Gasteiger charge is -2.39. The van der Waals surface area contributed by atoms with Crippen LogP contribution >= 0.6 is 0 Å². The Morgan fingerprint density at radius 3 is 2.25 bits per heavy atom. The van der Waals surface area contributed by atoms with E-state index in [0.29, 0.717) is 30.2 Å². The Morgan fingerprint density at radius 1 is 1.12 bits per heavy atom. The first-order valence-electron chi connectivity index (χ1n) is 6.71. The van der Waals surface area contributed by atoms with Gasteiger partial charge in [0.2, 0.25) is 0 Å². The van der Waals surface area contributed by atoms with E-state index < -0.39 is 0 Å². The maximum atomic E-state index is 5.81. The average Bonchev–Trinajstić information content (AvgIpc) is 2.58. The Kier molecular flexibility index (Phi) is 3.88. The second-order valence-electron chi connectivity index (χ2n) is 5.77. The SMILES string of the molecule is CC1CC(N2CC(CN)CC2C)CC(C)O1. The molecule has 0 saturated carbocycles. The van der Waals surface area contributed by atoms with Crippen LogP contribution < -0.4 is 5.73 Å². The highest BCUT2D eigenvalue weighted by molar-refractivity contribution is 4.90. The predicted molar refractivity (Wildman–Crippen MR) is 66.4 cm³/mol. The summed E-state index contributed by atoms with van der Waals surface area (Å²) in [5.41, 5.74) is 5.79. The van der Waals surface area contributed by atoms with Crippen LogP contribution in [0.25, 0.3) is 0 Å². The number of nitrogens with zero attached hydrogens (tertiary/aromatic N) is 1. The van der Waals surface area contributed by atoms with E-state index in [1.165, 1.54) is 25.8 Å². The molecule has 0 bridgehead atoms. The van der Waals surface area contributed by atoms with Crippen molar-refractivity contribution in [1.82, 2.24) is 4.90 Å². The summed E-state index contributed by atoms with van der Waals surface area (Å²) in [5, 5.41) is 0. The van der Waals surface area contributed by atoms with Crippen LogP contribution in [-0.2, 0) is 4.74 Å². The normalized spacial score (nSPS) is 46.1. The summed E-state index contributed by atoms with van der Waals surface area (Å²) < 4.78 is 5.81. The van der Waals surface area contributed by atoms with Gasteiger partial charge in [-0.25, -0.2) is 0 Å². The quantitative estimate of drug-likeness (QED) is 0.777. The van der Waals surface area contributed by atoms with Gasteiger partial charge in [0.25, 0.3) is 0 Å². The van der Waals surface area contributed by atoms with Crippen molar-refractivity contribution >= 4 is 0 Å². The van der Waals surface area contributed by atoms with Gasteiger partial charge in [-0.05, 0) is 52.5 Å². The Balaban J connectivity index is 1.96. The predicted octanol–water partition coefficient (Wildman–Crippen LogP) is 1.61. The van der Waals surface area contributed by atoms with E-state index in [-0.39, 0.29) is 0 Å². The van der Waals surface area contributed by atoms with Crippen molar-refractivity contribution in [1.29, 1.82) is 0 Å². The third kappa shape index (κ3) is 2.58. The standard InChI is InChI=1S/C13H26N2O/c1-9-4-12(7-14)8-15(9)13-5-10(2)16-11(3)6-13/h9-13H,4-8,14H2,1-3H3. The molecule has 0 amide bonds. The zero-order valence-electron chi connectivity index (χ0n) is 10.9. The summed E-state index contributed by atoms with van der Waals surface area (Å²) in [4.78, 5) is 2.67. The van der Waals surface area contributed by atoms with Crippen molar-refractivity contribution in [2.24, 2.45) is 11.7 Å². The van der Waals surface area contributed by atoms with Crippen molar-refractivity contribution in [2.45, 2.75) is 64.3 Å². The molecule has 0 radical (unpaired) electrons. The van der Waals surface area contributed by atoms with E-state index >= 15 is 0 Å². The third-order valence-electron chi connectivity index (χ3n) is 4.18. The summed E-state index contributed by atoms with van der Waals surface area (Å²) in [6.07, 6.45) is 4.48. The van der Waals surface area contributed by atoms with Crippen LogP contribution in [0.3, 0.4) is 0 Å². The molecule has 16 heavy (non-hydrogen) atoms. The maximum absolute atomic E-state index is 5.81. The number of rotatable bonds is 2. The van der Waals surface area contributed by atoms with Crippen molar-refractivity contribution in [3.8, 4) is 0 Å². The first-order chi connectivity index (χ1) is 7.60. The zero-order valence-corrected chi connectivity index (χ0v) is 10.9. The largest absolute Gasteiger partial charge is 0.375 e. The molecule has 0 spiro atoms. The summed E-state index contributed by atoms with van der Waals surface area (Å²) in [7, 11) is 0. The summed E-state index contributed by atoms with van der Waals surface area (Å²) in [6, 6.07) is 1.42. The van der Waals surface area contributed by atoms with Gasteiger partial charge in [-0.15, -0.1) is 0 Å².